The lowest BCUT2D eigenvalue weighted by molar-refractivity contribution is 0.609. The van der Waals surface area contributed by atoms with Gasteiger partial charge in [0.15, 0.2) is 0 Å². The summed E-state index contributed by atoms with van der Waals surface area (Å²) in [6, 6.07) is 14.0. The molecule has 0 saturated heterocycles. The van der Waals surface area contributed by atoms with Crippen LogP contribution < -0.4 is 4.72 Å². The van der Waals surface area contributed by atoms with Crippen LogP contribution in [0.2, 0.25) is 0 Å². The van der Waals surface area contributed by atoms with Crippen molar-refractivity contribution in [2.45, 2.75) is 11.8 Å². The summed E-state index contributed by atoms with van der Waals surface area (Å²) in [5.41, 5.74) is 2.36. The van der Waals surface area contributed by atoms with Gasteiger partial charge in [0.25, 0.3) is 10.0 Å². The molecule has 2 aromatic rings. The van der Waals surface area contributed by atoms with Crippen LogP contribution in [0.5, 0.6) is 0 Å². The molecule has 0 saturated carbocycles. The second-order valence-electron chi connectivity index (χ2n) is 4.84. The topological polar surface area (TPSA) is 63.2 Å². The third-order valence-electron chi connectivity index (χ3n) is 2.96. The van der Waals surface area contributed by atoms with Gasteiger partial charge in [-0.05, 0) is 42.8 Å². The summed E-state index contributed by atoms with van der Waals surface area (Å²) in [7, 11) is -4.66. The first-order valence-corrected chi connectivity index (χ1v) is 9.67. The summed E-state index contributed by atoms with van der Waals surface area (Å²) in [5.74, 6) is 0. The third kappa shape index (κ3) is 4.82. The first-order valence-electron chi connectivity index (χ1n) is 6.57. The van der Waals surface area contributed by atoms with Crippen molar-refractivity contribution in [1.29, 1.82) is 0 Å². The zero-order valence-electron chi connectivity index (χ0n) is 12.3. The van der Waals surface area contributed by atoms with Gasteiger partial charge in [0.05, 0.1) is 5.41 Å². The van der Waals surface area contributed by atoms with E-state index < -0.39 is 20.8 Å². The maximum absolute atomic E-state index is 12.0. The van der Waals surface area contributed by atoms with E-state index in [4.69, 9.17) is 0 Å². The van der Waals surface area contributed by atoms with Gasteiger partial charge in [-0.2, -0.15) is 0 Å². The number of hydrogen-bond donors (Lipinski definition) is 1. The lowest BCUT2D eigenvalue weighted by atomic mass is 10.2. The molecular weight excluding hydrogens is 318 g/mol. The molecule has 0 aromatic heterocycles. The molecule has 0 amide bonds. The van der Waals surface area contributed by atoms with E-state index in [1.165, 1.54) is 6.08 Å². The van der Waals surface area contributed by atoms with Crippen LogP contribution in [-0.4, -0.2) is 18.9 Å². The minimum atomic E-state index is -3.58. The van der Waals surface area contributed by atoms with Gasteiger partial charge >= 0.3 is 0 Å². The molecule has 0 bridgehead atoms. The number of hydrogen-bond acceptors (Lipinski definition) is 3. The Morgan fingerprint density at radius 1 is 1.00 bits per heavy atom. The van der Waals surface area contributed by atoms with E-state index in [-0.39, 0.29) is 0 Å². The van der Waals surface area contributed by atoms with Gasteiger partial charge < -0.3 is 0 Å². The summed E-state index contributed by atoms with van der Waals surface area (Å²) in [5, 5.41) is 1.13. The van der Waals surface area contributed by atoms with Gasteiger partial charge in [0, 0.05) is 27.6 Å². The van der Waals surface area contributed by atoms with Crippen LogP contribution in [0, 0.1) is 6.92 Å². The molecule has 0 aliphatic heterocycles. The Morgan fingerprint density at radius 3 is 2.14 bits per heavy atom. The number of anilines is 1. The summed E-state index contributed by atoms with van der Waals surface area (Å²) >= 11 is 0. The maximum atomic E-state index is 12.0. The third-order valence-corrected chi connectivity index (χ3v) is 4.91. The van der Waals surface area contributed by atoms with E-state index in [0.29, 0.717) is 10.6 Å². The Morgan fingerprint density at radius 2 is 1.59 bits per heavy atom. The van der Waals surface area contributed by atoms with E-state index >= 15 is 0 Å². The molecule has 0 spiro atoms. The molecule has 6 heteroatoms. The van der Waals surface area contributed by atoms with Crippen molar-refractivity contribution in [1.82, 2.24) is 0 Å². The molecule has 1 N–H and O–H groups in total. The highest BCUT2D eigenvalue weighted by molar-refractivity contribution is 7.95. The molecule has 1 atom stereocenters. The second kappa shape index (κ2) is 6.89. The van der Waals surface area contributed by atoms with Crippen LogP contribution >= 0.6 is 0 Å². The molecule has 2 aromatic carbocycles. The van der Waals surface area contributed by atoms with Gasteiger partial charge in [-0.15, -0.1) is 0 Å². The minimum Gasteiger partial charge on any atom is -0.280 e. The standard InChI is InChI=1S/C16H17NO3S2/c1-13-3-5-14(6-4-13)11-12-22(19,20)17-15-7-9-16(10-8-15)21(2)18/h3-12,17H,1-2H3/b12-11+. The van der Waals surface area contributed by atoms with E-state index in [1.807, 2.05) is 31.2 Å². The highest BCUT2D eigenvalue weighted by atomic mass is 32.2. The van der Waals surface area contributed by atoms with Crippen LogP contribution in [0.25, 0.3) is 6.08 Å². The number of nitrogens with one attached hydrogen (secondary N) is 1. The quantitative estimate of drug-likeness (QED) is 0.913. The lowest BCUT2D eigenvalue weighted by Gasteiger charge is -2.05. The Bertz CT molecular complexity index is 792. The monoisotopic (exact) mass is 335 g/mol. The van der Waals surface area contributed by atoms with Gasteiger partial charge in [-0.3, -0.25) is 8.93 Å². The smallest absolute Gasteiger partial charge is 0.255 e. The van der Waals surface area contributed by atoms with Crippen LogP contribution in [-0.2, 0) is 20.8 Å². The maximum Gasteiger partial charge on any atom is 0.255 e. The highest BCUT2D eigenvalue weighted by Gasteiger charge is 2.06. The van der Waals surface area contributed by atoms with Crippen molar-refractivity contribution in [3.8, 4) is 0 Å². The molecule has 0 radical (unpaired) electrons. The van der Waals surface area contributed by atoms with Crippen LogP contribution in [0.3, 0.4) is 0 Å². The Kier molecular flexibility index (Phi) is 5.15. The molecule has 2 rings (SSSR count). The van der Waals surface area contributed by atoms with Gasteiger partial charge in [0.1, 0.15) is 0 Å². The molecular formula is C16H17NO3S2. The zero-order valence-corrected chi connectivity index (χ0v) is 13.9. The molecule has 0 fully saturated rings. The summed E-state index contributed by atoms with van der Waals surface area (Å²) in [6.45, 7) is 1.97. The fraction of sp³-hybridized carbons (Fsp3) is 0.125. The Labute approximate surface area is 133 Å². The van der Waals surface area contributed by atoms with Crippen molar-refractivity contribution < 1.29 is 12.6 Å². The molecule has 0 aliphatic rings. The molecule has 4 nitrogen and oxygen atoms in total. The Hall–Kier alpha value is -1.92. The van der Waals surface area contributed by atoms with Crippen LogP contribution in [0.15, 0.2) is 58.8 Å². The largest absolute Gasteiger partial charge is 0.280 e. The van der Waals surface area contributed by atoms with Crippen molar-refractivity contribution >= 4 is 32.6 Å². The molecule has 0 heterocycles. The summed E-state index contributed by atoms with van der Waals surface area (Å²) in [4.78, 5) is 0.651. The Balaban J connectivity index is 2.10. The number of benzene rings is 2. The lowest BCUT2D eigenvalue weighted by Crippen LogP contribution is -2.08. The van der Waals surface area contributed by atoms with Crippen LogP contribution in [0.1, 0.15) is 11.1 Å². The van der Waals surface area contributed by atoms with Gasteiger partial charge in [-0.1, -0.05) is 29.8 Å². The summed E-state index contributed by atoms with van der Waals surface area (Å²) < 4.78 is 37.7. The zero-order chi connectivity index (χ0) is 16.2. The first-order chi connectivity index (χ1) is 10.4. The minimum absolute atomic E-state index is 0.433. The van der Waals surface area contributed by atoms with Gasteiger partial charge in [0.2, 0.25) is 0 Å². The van der Waals surface area contributed by atoms with Crippen molar-refractivity contribution in [3.05, 3.63) is 65.1 Å². The highest BCUT2D eigenvalue weighted by Crippen LogP contribution is 2.14. The second-order valence-corrected chi connectivity index (χ2v) is 7.78. The van der Waals surface area contributed by atoms with E-state index in [1.54, 1.807) is 30.5 Å². The molecule has 0 aliphatic carbocycles. The fourth-order valence-corrected chi connectivity index (χ4v) is 3.15. The normalized spacial score (nSPS) is 13.2. The van der Waals surface area contributed by atoms with Crippen molar-refractivity contribution in [3.63, 3.8) is 0 Å². The summed E-state index contributed by atoms with van der Waals surface area (Å²) in [6.07, 6.45) is 3.11. The van der Waals surface area contributed by atoms with E-state index in [0.717, 1.165) is 16.5 Å². The average Bonchev–Trinajstić information content (AvgIpc) is 2.47. The van der Waals surface area contributed by atoms with Crippen molar-refractivity contribution in [2.75, 3.05) is 11.0 Å². The molecule has 116 valence electrons. The number of rotatable bonds is 5. The predicted octanol–water partition coefficient (Wildman–Crippen LogP) is 3.15. The SMILES string of the molecule is Cc1ccc(/C=C/S(=O)(=O)Nc2ccc(S(C)=O)cc2)cc1. The number of aryl methyl sites for hydroxylation is 1. The number of sulfonamides is 1. The van der Waals surface area contributed by atoms with E-state index in [9.17, 15) is 12.6 Å². The molecule has 1 unspecified atom stereocenters. The average molecular weight is 335 g/mol. The van der Waals surface area contributed by atoms with E-state index in [2.05, 4.69) is 4.72 Å². The fourth-order valence-electron chi connectivity index (χ4n) is 1.76. The predicted molar refractivity (Wildman–Crippen MR) is 91.5 cm³/mol. The van der Waals surface area contributed by atoms with Crippen molar-refractivity contribution in [2.24, 2.45) is 0 Å². The molecule has 22 heavy (non-hydrogen) atoms. The first kappa shape index (κ1) is 16.5. The van der Waals surface area contributed by atoms with Gasteiger partial charge in [-0.25, -0.2) is 8.42 Å². The van der Waals surface area contributed by atoms with Crippen LogP contribution in [0.4, 0.5) is 5.69 Å².